The summed E-state index contributed by atoms with van der Waals surface area (Å²) in [6.45, 7) is 5.28. The predicted octanol–water partition coefficient (Wildman–Crippen LogP) is 2.07. The van der Waals surface area contributed by atoms with Crippen LogP contribution in [-0.4, -0.2) is 40.8 Å². The number of carbonyl (C=O) groups is 2. The van der Waals surface area contributed by atoms with E-state index in [0.29, 0.717) is 24.6 Å². The molecule has 1 aromatic carbocycles. The fourth-order valence-electron chi connectivity index (χ4n) is 3.61. The molecule has 0 radical (unpaired) electrons. The number of amides is 2. The molecule has 0 fully saturated rings. The van der Waals surface area contributed by atoms with E-state index in [1.807, 2.05) is 31.2 Å². The number of nitrogens with zero attached hydrogens (tertiary/aromatic N) is 4. The first-order valence-corrected chi connectivity index (χ1v) is 8.47. The highest BCUT2D eigenvalue weighted by Gasteiger charge is 2.35. The topological polar surface area (TPSA) is 67.7 Å². The van der Waals surface area contributed by atoms with Gasteiger partial charge in [-0.1, -0.05) is 12.1 Å². The molecule has 0 saturated heterocycles. The third-order valence-electron chi connectivity index (χ3n) is 4.68. The predicted molar refractivity (Wildman–Crippen MR) is 93.1 cm³/mol. The lowest BCUT2D eigenvalue weighted by molar-refractivity contribution is -0.117. The zero-order valence-corrected chi connectivity index (χ0v) is 14.3. The van der Waals surface area contributed by atoms with Gasteiger partial charge in [0, 0.05) is 26.4 Å². The van der Waals surface area contributed by atoms with Crippen molar-refractivity contribution in [1.82, 2.24) is 9.78 Å². The van der Waals surface area contributed by atoms with E-state index in [2.05, 4.69) is 5.10 Å². The average Bonchev–Trinajstić information content (AvgIpc) is 3.04. The van der Waals surface area contributed by atoms with Crippen LogP contribution in [0.3, 0.4) is 0 Å². The number of aryl methyl sites for hydroxylation is 1. The van der Waals surface area contributed by atoms with Gasteiger partial charge in [0.15, 0.2) is 0 Å². The molecule has 7 nitrogen and oxygen atoms in total. The molecule has 2 aliphatic heterocycles. The van der Waals surface area contributed by atoms with Gasteiger partial charge in [0.1, 0.15) is 5.56 Å². The molecule has 0 aliphatic carbocycles. The summed E-state index contributed by atoms with van der Waals surface area (Å²) in [4.78, 5) is 28.7. The summed E-state index contributed by atoms with van der Waals surface area (Å²) < 4.78 is 7.40. The summed E-state index contributed by atoms with van der Waals surface area (Å²) in [5.74, 6) is 0.360. The molecule has 2 amide bonds. The van der Waals surface area contributed by atoms with E-state index in [1.165, 1.54) is 0 Å². The smallest absolute Gasteiger partial charge is 0.265 e. The summed E-state index contributed by atoms with van der Waals surface area (Å²) in [6.07, 6.45) is 2.47. The van der Waals surface area contributed by atoms with Crippen LogP contribution in [0, 0.1) is 0 Å². The molecule has 1 aromatic heterocycles. The second-order valence-corrected chi connectivity index (χ2v) is 6.43. The van der Waals surface area contributed by atoms with Crippen molar-refractivity contribution in [3.05, 3.63) is 36.0 Å². The van der Waals surface area contributed by atoms with E-state index >= 15 is 0 Å². The Kier molecular flexibility index (Phi) is 3.71. The maximum Gasteiger partial charge on any atom is 0.265 e. The SMILES string of the molecule is CC(=O)N1c2ccccc2N(C(=O)c2cnn3c2OCCC3)C[C@@H]1C. The van der Waals surface area contributed by atoms with Crippen LogP contribution in [0.4, 0.5) is 11.4 Å². The second kappa shape index (κ2) is 5.91. The minimum atomic E-state index is -0.148. The van der Waals surface area contributed by atoms with Crippen LogP contribution in [0.2, 0.25) is 0 Å². The van der Waals surface area contributed by atoms with Gasteiger partial charge in [-0.3, -0.25) is 9.59 Å². The van der Waals surface area contributed by atoms with Crippen molar-refractivity contribution in [2.45, 2.75) is 32.9 Å². The van der Waals surface area contributed by atoms with Crippen molar-refractivity contribution in [2.24, 2.45) is 0 Å². The number of fused-ring (bicyclic) bond motifs is 2. The third-order valence-corrected chi connectivity index (χ3v) is 4.68. The number of benzene rings is 1. The fourth-order valence-corrected chi connectivity index (χ4v) is 3.61. The number of para-hydroxylation sites is 2. The molecular weight excluding hydrogens is 320 g/mol. The molecule has 2 aliphatic rings. The quantitative estimate of drug-likeness (QED) is 0.797. The van der Waals surface area contributed by atoms with Crippen molar-refractivity contribution in [2.75, 3.05) is 23.0 Å². The largest absolute Gasteiger partial charge is 0.477 e. The number of hydrogen-bond donors (Lipinski definition) is 0. The van der Waals surface area contributed by atoms with E-state index in [1.54, 1.807) is 27.6 Å². The summed E-state index contributed by atoms with van der Waals surface area (Å²) in [5, 5.41) is 4.27. The number of rotatable bonds is 1. The molecule has 130 valence electrons. The minimum Gasteiger partial charge on any atom is -0.477 e. The fraction of sp³-hybridized carbons (Fsp3) is 0.389. The number of anilines is 2. The van der Waals surface area contributed by atoms with E-state index in [9.17, 15) is 9.59 Å². The van der Waals surface area contributed by atoms with Crippen molar-refractivity contribution in [3.8, 4) is 5.88 Å². The van der Waals surface area contributed by atoms with E-state index < -0.39 is 0 Å². The normalized spacial score (nSPS) is 19.0. The first kappa shape index (κ1) is 15.7. The molecule has 2 aromatic rings. The highest BCUT2D eigenvalue weighted by atomic mass is 16.5. The Morgan fingerprint density at radius 2 is 2.00 bits per heavy atom. The molecule has 25 heavy (non-hydrogen) atoms. The highest BCUT2D eigenvalue weighted by Crippen LogP contribution is 2.37. The summed E-state index contributed by atoms with van der Waals surface area (Å²) in [6, 6.07) is 7.38. The van der Waals surface area contributed by atoms with E-state index in [4.69, 9.17) is 4.74 Å². The van der Waals surface area contributed by atoms with Crippen LogP contribution >= 0.6 is 0 Å². The monoisotopic (exact) mass is 340 g/mol. The third kappa shape index (κ3) is 2.47. The van der Waals surface area contributed by atoms with Crippen LogP contribution < -0.4 is 14.5 Å². The Labute approximate surface area is 145 Å². The lowest BCUT2D eigenvalue weighted by atomic mass is 10.1. The Morgan fingerprint density at radius 3 is 2.76 bits per heavy atom. The van der Waals surface area contributed by atoms with Gasteiger partial charge in [-0.15, -0.1) is 0 Å². The Balaban J connectivity index is 1.75. The molecule has 3 heterocycles. The van der Waals surface area contributed by atoms with Crippen molar-refractivity contribution in [3.63, 3.8) is 0 Å². The number of aromatic nitrogens is 2. The van der Waals surface area contributed by atoms with Gasteiger partial charge in [-0.2, -0.15) is 5.10 Å². The second-order valence-electron chi connectivity index (χ2n) is 6.43. The van der Waals surface area contributed by atoms with Gasteiger partial charge in [-0.25, -0.2) is 4.68 Å². The molecule has 0 bridgehead atoms. The molecule has 4 rings (SSSR count). The molecule has 0 spiro atoms. The zero-order chi connectivity index (χ0) is 17.6. The first-order chi connectivity index (χ1) is 12.1. The van der Waals surface area contributed by atoms with E-state index in [-0.39, 0.29) is 17.9 Å². The van der Waals surface area contributed by atoms with Gasteiger partial charge in [0.2, 0.25) is 11.8 Å². The van der Waals surface area contributed by atoms with Crippen LogP contribution in [0.25, 0.3) is 0 Å². The molecular formula is C18H20N4O3. The minimum absolute atomic E-state index is 0.0294. The molecule has 0 saturated carbocycles. The summed E-state index contributed by atoms with van der Waals surface area (Å²) in [5.41, 5.74) is 1.96. The maximum absolute atomic E-state index is 13.2. The lowest BCUT2D eigenvalue weighted by Gasteiger charge is -2.40. The molecule has 0 unspecified atom stereocenters. The van der Waals surface area contributed by atoms with Crippen LogP contribution in [0.1, 0.15) is 30.6 Å². The zero-order valence-electron chi connectivity index (χ0n) is 14.3. The van der Waals surface area contributed by atoms with E-state index in [0.717, 1.165) is 24.3 Å². The summed E-state index contributed by atoms with van der Waals surface area (Å²) in [7, 11) is 0. The molecule has 0 N–H and O–H groups in total. The van der Waals surface area contributed by atoms with Crippen molar-refractivity contribution < 1.29 is 14.3 Å². The Morgan fingerprint density at radius 1 is 1.24 bits per heavy atom. The number of carbonyl (C=O) groups excluding carboxylic acids is 2. The van der Waals surface area contributed by atoms with Crippen LogP contribution in [0.5, 0.6) is 5.88 Å². The van der Waals surface area contributed by atoms with Gasteiger partial charge >= 0.3 is 0 Å². The standard InChI is InChI=1S/C18H20N4O3/c1-12-11-20(15-6-3-4-7-16(15)22(12)13(2)23)17(24)14-10-19-21-8-5-9-25-18(14)21/h3-4,6-7,10,12H,5,8-9,11H2,1-2H3/t12-/m0/s1. The number of hydrogen-bond acceptors (Lipinski definition) is 4. The summed E-state index contributed by atoms with van der Waals surface area (Å²) >= 11 is 0. The van der Waals surface area contributed by atoms with Gasteiger partial charge in [0.25, 0.3) is 5.91 Å². The van der Waals surface area contributed by atoms with Gasteiger partial charge in [0.05, 0.1) is 30.2 Å². The van der Waals surface area contributed by atoms with Gasteiger partial charge < -0.3 is 14.5 Å². The number of ether oxygens (including phenoxy) is 1. The average molecular weight is 340 g/mol. The Bertz CT molecular complexity index is 845. The Hall–Kier alpha value is -2.83. The first-order valence-electron chi connectivity index (χ1n) is 8.47. The molecule has 1 atom stereocenters. The van der Waals surface area contributed by atoms with Crippen molar-refractivity contribution >= 4 is 23.2 Å². The van der Waals surface area contributed by atoms with Crippen molar-refractivity contribution in [1.29, 1.82) is 0 Å². The lowest BCUT2D eigenvalue weighted by Crippen LogP contribution is -2.51. The maximum atomic E-state index is 13.2. The van der Waals surface area contributed by atoms with Crippen LogP contribution in [-0.2, 0) is 11.3 Å². The highest BCUT2D eigenvalue weighted by molar-refractivity contribution is 6.11. The molecule has 7 heteroatoms. The van der Waals surface area contributed by atoms with Crippen LogP contribution in [0.15, 0.2) is 30.5 Å². The van der Waals surface area contributed by atoms with Gasteiger partial charge in [-0.05, 0) is 19.1 Å².